The average Bonchev–Trinajstić information content (AvgIpc) is 2.05. The van der Waals surface area contributed by atoms with Crippen LogP contribution >= 0.6 is 12.2 Å². The fourth-order valence-corrected chi connectivity index (χ4v) is 1.22. The minimum absolute atomic E-state index is 0.184. The first-order chi connectivity index (χ1) is 5.70. The van der Waals surface area contributed by atoms with Crippen LogP contribution in [0.2, 0.25) is 0 Å². The van der Waals surface area contributed by atoms with Crippen molar-refractivity contribution in [2.75, 3.05) is 0 Å². The van der Waals surface area contributed by atoms with Crippen molar-refractivity contribution in [3.63, 3.8) is 0 Å². The molecule has 0 unspecified atom stereocenters. The van der Waals surface area contributed by atoms with Gasteiger partial charge in [-0.2, -0.15) is 0 Å². The molecule has 1 rings (SSSR count). The zero-order valence-corrected chi connectivity index (χ0v) is 7.77. The van der Waals surface area contributed by atoms with Gasteiger partial charge in [0.15, 0.2) is 5.11 Å². The van der Waals surface area contributed by atoms with Crippen molar-refractivity contribution in [2.45, 2.75) is 13.0 Å². The molecule has 64 valence electrons. The molecular formula is C9H12N2S. The summed E-state index contributed by atoms with van der Waals surface area (Å²) in [5.74, 6) is 0. The highest BCUT2D eigenvalue weighted by atomic mass is 32.1. The Balaban J connectivity index is 2.65. The summed E-state index contributed by atoms with van der Waals surface area (Å²) in [5.41, 5.74) is 6.54. The molecule has 1 aromatic carbocycles. The molecule has 3 heteroatoms. The molecule has 0 aliphatic heterocycles. The molecule has 0 bridgehead atoms. The molecule has 0 aliphatic rings. The van der Waals surface area contributed by atoms with Gasteiger partial charge in [0.1, 0.15) is 0 Å². The summed E-state index contributed by atoms with van der Waals surface area (Å²) in [4.78, 5) is 0. The number of nitrogens with two attached hydrogens (primary N) is 1. The third-order valence-electron chi connectivity index (χ3n) is 1.66. The van der Waals surface area contributed by atoms with Gasteiger partial charge >= 0.3 is 0 Å². The lowest BCUT2D eigenvalue weighted by atomic mass is 10.1. The lowest BCUT2D eigenvalue weighted by molar-refractivity contribution is 0.720. The van der Waals surface area contributed by atoms with Crippen molar-refractivity contribution >= 4 is 17.3 Å². The second-order valence-electron chi connectivity index (χ2n) is 2.64. The fourth-order valence-electron chi connectivity index (χ4n) is 1.04. The molecule has 0 aliphatic carbocycles. The maximum absolute atomic E-state index is 5.35. The Morgan fingerprint density at radius 1 is 1.42 bits per heavy atom. The minimum atomic E-state index is 0.184. The first-order valence-corrected chi connectivity index (χ1v) is 4.22. The van der Waals surface area contributed by atoms with Crippen LogP contribution in [0, 0.1) is 0 Å². The number of nitrogens with one attached hydrogen (secondary N) is 1. The zero-order valence-electron chi connectivity index (χ0n) is 6.95. The largest absolute Gasteiger partial charge is 0.376 e. The topological polar surface area (TPSA) is 38.0 Å². The number of hydrogen-bond donors (Lipinski definition) is 2. The van der Waals surface area contributed by atoms with E-state index in [4.69, 9.17) is 18.0 Å². The number of rotatable bonds is 2. The van der Waals surface area contributed by atoms with Crippen molar-refractivity contribution < 1.29 is 0 Å². The maximum Gasteiger partial charge on any atom is 0.164 e. The summed E-state index contributed by atoms with van der Waals surface area (Å²) in [6.45, 7) is 2.02. The molecule has 1 aromatic rings. The SMILES string of the molecule is C[C@H](NC(N)=S)c1ccccc1. The van der Waals surface area contributed by atoms with Gasteiger partial charge in [0.25, 0.3) is 0 Å². The van der Waals surface area contributed by atoms with E-state index in [9.17, 15) is 0 Å². The van der Waals surface area contributed by atoms with Crippen molar-refractivity contribution in [3.05, 3.63) is 35.9 Å². The van der Waals surface area contributed by atoms with Gasteiger partial charge in [0.05, 0.1) is 6.04 Å². The Labute approximate surface area is 77.8 Å². The van der Waals surface area contributed by atoms with Crippen LogP contribution in [-0.2, 0) is 0 Å². The van der Waals surface area contributed by atoms with Crippen molar-refractivity contribution in [3.8, 4) is 0 Å². The van der Waals surface area contributed by atoms with Crippen LogP contribution in [0.3, 0.4) is 0 Å². The van der Waals surface area contributed by atoms with Gasteiger partial charge in [0, 0.05) is 0 Å². The van der Waals surface area contributed by atoms with Gasteiger partial charge in [-0.1, -0.05) is 30.3 Å². The third kappa shape index (κ3) is 2.51. The van der Waals surface area contributed by atoms with Gasteiger partial charge in [0.2, 0.25) is 0 Å². The van der Waals surface area contributed by atoms with E-state index < -0.39 is 0 Å². The summed E-state index contributed by atoms with van der Waals surface area (Å²) in [6.07, 6.45) is 0. The second-order valence-corrected chi connectivity index (χ2v) is 3.08. The molecule has 0 aromatic heterocycles. The predicted molar refractivity (Wildman–Crippen MR) is 54.8 cm³/mol. The molecule has 0 heterocycles. The summed E-state index contributed by atoms with van der Waals surface area (Å²) >= 11 is 4.74. The molecular weight excluding hydrogens is 168 g/mol. The van der Waals surface area contributed by atoms with Crippen LogP contribution in [0.5, 0.6) is 0 Å². The summed E-state index contributed by atoms with van der Waals surface area (Å²) in [7, 11) is 0. The Kier molecular flexibility index (Phi) is 3.05. The number of benzene rings is 1. The predicted octanol–water partition coefficient (Wildman–Crippen LogP) is 1.58. The van der Waals surface area contributed by atoms with Crippen LogP contribution in [0.15, 0.2) is 30.3 Å². The fraction of sp³-hybridized carbons (Fsp3) is 0.222. The monoisotopic (exact) mass is 180 g/mol. The first-order valence-electron chi connectivity index (χ1n) is 3.81. The highest BCUT2D eigenvalue weighted by Gasteiger charge is 2.02. The molecule has 1 atom stereocenters. The van der Waals surface area contributed by atoms with E-state index in [0.717, 1.165) is 0 Å². The average molecular weight is 180 g/mol. The molecule has 3 N–H and O–H groups in total. The maximum atomic E-state index is 5.35. The van der Waals surface area contributed by atoms with Crippen LogP contribution in [0.1, 0.15) is 18.5 Å². The van der Waals surface area contributed by atoms with Gasteiger partial charge in [-0.15, -0.1) is 0 Å². The molecule has 0 amide bonds. The lowest BCUT2D eigenvalue weighted by Crippen LogP contribution is -2.31. The van der Waals surface area contributed by atoms with Crippen molar-refractivity contribution in [1.29, 1.82) is 0 Å². The van der Waals surface area contributed by atoms with Gasteiger partial charge < -0.3 is 11.1 Å². The van der Waals surface area contributed by atoms with E-state index >= 15 is 0 Å². The molecule has 0 fully saturated rings. The first kappa shape index (κ1) is 9.00. The third-order valence-corrected chi connectivity index (χ3v) is 1.78. The van der Waals surface area contributed by atoms with E-state index in [0.29, 0.717) is 5.11 Å². The van der Waals surface area contributed by atoms with Crippen LogP contribution < -0.4 is 11.1 Å². The van der Waals surface area contributed by atoms with E-state index in [2.05, 4.69) is 5.32 Å². The number of thiocarbonyl (C=S) groups is 1. The Bertz CT molecular complexity index is 258. The quantitative estimate of drug-likeness (QED) is 0.679. The Morgan fingerprint density at radius 3 is 2.50 bits per heavy atom. The molecule has 0 saturated carbocycles. The van der Waals surface area contributed by atoms with E-state index in [1.54, 1.807) is 0 Å². The molecule has 0 radical (unpaired) electrons. The van der Waals surface area contributed by atoms with Crippen LogP contribution in [0.25, 0.3) is 0 Å². The summed E-state index contributed by atoms with van der Waals surface area (Å²) < 4.78 is 0. The van der Waals surface area contributed by atoms with Gasteiger partial charge in [-0.3, -0.25) is 0 Å². The minimum Gasteiger partial charge on any atom is -0.376 e. The zero-order chi connectivity index (χ0) is 8.97. The molecule has 0 saturated heterocycles. The van der Waals surface area contributed by atoms with E-state index in [1.807, 2.05) is 37.3 Å². The smallest absolute Gasteiger partial charge is 0.164 e. The summed E-state index contributed by atoms with van der Waals surface area (Å²) in [6, 6.07) is 10.2. The molecule has 2 nitrogen and oxygen atoms in total. The van der Waals surface area contributed by atoms with E-state index in [-0.39, 0.29) is 6.04 Å². The van der Waals surface area contributed by atoms with Crippen LogP contribution in [-0.4, -0.2) is 5.11 Å². The normalized spacial score (nSPS) is 12.1. The second kappa shape index (κ2) is 4.07. The van der Waals surface area contributed by atoms with Gasteiger partial charge in [-0.25, -0.2) is 0 Å². The highest BCUT2D eigenvalue weighted by Crippen LogP contribution is 2.10. The van der Waals surface area contributed by atoms with E-state index in [1.165, 1.54) is 5.56 Å². The highest BCUT2D eigenvalue weighted by molar-refractivity contribution is 7.80. The Morgan fingerprint density at radius 2 is 2.00 bits per heavy atom. The Hall–Kier alpha value is -1.09. The van der Waals surface area contributed by atoms with Crippen LogP contribution in [0.4, 0.5) is 0 Å². The van der Waals surface area contributed by atoms with Gasteiger partial charge in [-0.05, 0) is 24.7 Å². The lowest BCUT2D eigenvalue weighted by Gasteiger charge is -2.13. The summed E-state index contributed by atoms with van der Waals surface area (Å²) in [5, 5.41) is 3.31. The number of hydrogen-bond acceptors (Lipinski definition) is 1. The van der Waals surface area contributed by atoms with Crippen molar-refractivity contribution in [1.82, 2.24) is 5.32 Å². The van der Waals surface area contributed by atoms with Crippen molar-refractivity contribution in [2.24, 2.45) is 5.73 Å². The molecule has 0 spiro atoms. The standard InChI is InChI=1S/C9H12N2S/c1-7(11-9(10)12)8-5-3-2-4-6-8/h2-7H,1H3,(H3,10,11,12)/t7-/m0/s1. The molecule has 12 heavy (non-hydrogen) atoms.